The first kappa shape index (κ1) is 21.6. The Bertz CT molecular complexity index is 356. The van der Waals surface area contributed by atoms with Gasteiger partial charge in [0.15, 0.2) is 0 Å². The third-order valence-electron chi connectivity index (χ3n) is 3.60. The van der Waals surface area contributed by atoms with Crippen molar-refractivity contribution in [1.82, 2.24) is 0 Å². The van der Waals surface area contributed by atoms with E-state index in [0.29, 0.717) is 6.42 Å². The Morgan fingerprint density at radius 1 is 0.870 bits per heavy atom. The molecule has 1 atom stereocenters. The van der Waals surface area contributed by atoms with E-state index >= 15 is 0 Å². The summed E-state index contributed by atoms with van der Waals surface area (Å²) in [7, 11) is 0. The number of rotatable bonds is 15. The SMILES string of the molecule is CC/C=C\C/C=C\C/C=C\CCCCCCCC(O)CC(=O)O. The van der Waals surface area contributed by atoms with Crippen LogP contribution in [-0.2, 0) is 4.79 Å². The number of allylic oxidation sites excluding steroid dienone is 6. The van der Waals surface area contributed by atoms with Gasteiger partial charge in [-0.15, -0.1) is 0 Å². The molecule has 0 aliphatic carbocycles. The molecule has 0 aliphatic rings. The summed E-state index contributed by atoms with van der Waals surface area (Å²) >= 11 is 0. The summed E-state index contributed by atoms with van der Waals surface area (Å²) in [6.45, 7) is 2.14. The minimum absolute atomic E-state index is 0.131. The molecule has 132 valence electrons. The summed E-state index contributed by atoms with van der Waals surface area (Å²) in [6.07, 6.45) is 22.9. The van der Waals surface area contributed by atoms with Crippen LogP contribution < -0.4 is 0 Å². The summed E-state index contributed by atoms with van der Waals surface area (Å²) in [5.74, 6) is -0.920. The molecule has 3 heteroatoms. The zero-order valence-electron chi connectivity index (χ0n) is 14.6. The van der Waals surface area contributed by atoms with Crippen LogP contribution in [0.3, 0.4) is 0 Å². The van der Waals surface area contributed by atoms with E-state index in [1.54, 1.807) is 0 Å². The first-order valence-electron chi connectivity index (χ1n) is 9.01. The van der Waals surface area contributed by atoms with Gasteiger partial charge in [-0.25, -0.2) is 0 Å². The predicted molar refractivity (Wildman–Crippen MR) is 97.5 cm³/mol. The van der Waals surface area contributed by atoms with Gasteiger partial charge in [0.25, 0.3) is 0 Å². The van der Waals surface area contributed by atoms with Crippen LogP contribution in [0.25, 0.3) is 0 Å². The molecule has 2 N–H and O–H groups in total. The Morgan fingerprint density at radius 3 is 2.09 bits per heavy atom. The highest BCUT2D eigenvalue weighted by Crippen LogP contribution is 2.10. The number of carboxylic acid groups (broad SMARTS) is 1. The predicted octanol–water partition coefficient (Wildman–Crippen LogP) is 5.41. The molecule has 0 amide bonds. The fraction of sp³-hybridized carbons (Fsp3) is 0.650. The maximum Gasteiger partial charge on any atom is 0.305 e. The van der Waals surface area contributed by atoms with Crippen molar-refractivity contribution in [1.29, 1.82) is 0 Å². The van der Waals surface area contributed by atoms with E-state index in [9.17, 15) is 9.90 Å². The van der Waals surface area contributed by atoms with Crippen molar-refractivity contribution in [2.45, 2.75) is 83.7 Å². The molecule has 0 aliphatic heterocycles. The van der Waals surface area contributed by atoms with Gasteiger partial charge in [0.1, 0.15) is 0 Å². The lowest BCUT2D eigenvalue weighted by Gasteiger charge is -2.06. The first-order valence-corrected chi connectivity index (χ1v) is 9.01. The highest BCUT2D eigenvalue weighted by molar-refractivity contribution is 5.67. The third-order valence-corrected chi connectivity index (χ3v) is 3.60. The minimum atomic E-state index is -0.920. The Kier molecular flexibility index (Phi) is 16.0. The fourth-order valence-electron chi connectivity index (χ4n) is 2.30. The Labute approximate surface area is 141 Å². The third kappa shape index (κ3) is 18.6. The molecule has 0 radical (unpaired) electrons. The van der Waals surface area contributed by atoms with Crippen LogP contribution >= 0.6 is 0 Å². The Morgan fingerprint density at radius 2 is 1.43 bits per heavy atom. The average Bonchev–Trinajstić information content (AvgIpc) is 2.50. The van der Waals surface area contributed by atoms with E-state index in [2.05, 4.69) is 43.4 Å². The molecule has 0 rings (SSSR count). The van der Waals surface area contributed by atoms with Crippen molar-refractivity contribution in [3.05, 3.63) is 36.5 Å². The molecule has 0 fully saturated rings. The molecular formula is C20H34O3. The van der Waals surface area contributed by atoms with Crippen molar-refractivity contribution in [2.75, 3.05) is 0 Å². The van der Waals surface area contributed by atoms with Crippen molar-refractivity contribution in [3.8, 4) is 0 Å². The normalized spacial score (nSPS) is 13.5. The Hall–Kier alpha value is -1.35. The van der Waals surface area contributed by atoms with Crippen molar-refractivity contribution in [3.63, 3.8) is 0 Å². The molecule has 0 heterocycles. The zero-order chi connectivity index (χ0) is 17.2. The highest BCUT2D eigenvalue weighted by atomic mass is 16.4. The lowest BCUT2D eigenvalue weighted by Crippen LogP contribution is -2.12. The van der Waals surface area contributed by atoms with Crippen LogP contribution in [0, 0.1) is 0 Å². The summed E-state index contributed by atoms with van der Waals surface area (Å²) in [6, 6.07) is 0. The number of unbranched alkanes of at least 4 members (excludes halogenated alkanes) is 5. The number of aliphatic hydroxyl groups excluding tert-OH is 1. The highest BCUT2D eigenvalue weighted by Gasteiger charge is 2.08. The van der Waals surface area contributed by atoms with Gasteiger partial charge in [-0.2, -0.15) is 0 Å². The van der Waals surface area contributed by atoms with Gasteiger partial charge in [-0.3, -0.25) is 4.79 Å². The molecule has 0 saturated heterocycles. The monoisotopic (exact) mass is 322 g/mol. The zero-order valence-corrected chi connectivity index (χ0v) is 14.6. The molecule has 0 aromatic carbocycles. The van der Waals surface area contributed by atoms with E-state index in [4.69, 9.17) is 5.11 Å². The molecular weight excluding hydrogens is 288 g/mol. The lowest BCUT2D eigenvalue weighted by atomic mass is 10.1. The molecule has 0 aromatic heterocycles. The van der Waals surface area contributed by atoms with Crippen molar-refractivity contribution in [2.24, 2.45) is 0 Å². The molecule has 0 saturated carbocycles. The first-order chi connectivity index (χ1) is 11.2. The molecule has 1 unspecified atom stereocenters. The lowest BCUT2D eigenvalue weighted by molar-refractivity contribution is -0.139. The molecule has 0 bridgehead atoms. The summed E-state index contributed by atoms with van der Waals surface area (Å²) < 4.78 is 0. The van der Waals surface area contributed by atoms with Gasteiger partial charge in [-0.1, -0.05) is 69.1 Å². The van der Waals surface area contributed by atoms with Gasteiger partial charge >= 0.3 is 5.97 Å². The summed E-state index contributed by atoms with van der Waals surface area (Å²) in [5.41, 5.74) is 0. The quantitative estimate of drug-likeness (QED) is 0.313. The maximum atomic E-state index is 10.4. The van der Waals surface area contributed by atoms with E-state index in [1.807, 2.05) is 0 Å². The second kappa shape index (κ2) is 17.0. The largest absolute Gasteiger partial charge is 0.481 e. The molecule has 23 heavy (non-hydrogen) atoms. The average molecular weight is 322 g/mol. The van der Waals surface area contributed by atoms with E-state index in [1.165, 1.54) is 12.8 Å². The van der Waals surface area contributed by atoms with Crippen molar-refractivity contribution >= 4 is 5.97 Å². The second-order valence-electron chi connectivity index (χ2n) is 5.89. The number of hydrogen-bond acceptors (Lipinski definition) is 2. The fourth-order valence-corrected chi connectivity index (χ4v) is 2.30. The number of carbonyl (C=O) groups is 1. The van der Waals surface area contributed by atoms with Crippen LogP contribution in [0.5, 0.6) is 0 Å². The molecule has 0 spiro atoms. The van der Waals surface area contributed by atoms with Crippen LogP contribution in [0.2, 0.25) is 0 Å². The molecule has 3 nitrogen and oxygen atoms in total. The smallest absolute Gasteiger partial charge is 0.305 e. The van der Waals surface area contributed by atoms with Crippen LogP contribution in [0.15, 0.2) is 36.5 Å². The van der Waals surface area contributed by atoms with E-state index < -0.39 is 12.1 Å². The Balaban J connectivity index is 3.31. The number of hydrogen-bond donors (Lipinski definition) is 2. The summed E-state index contributed by atoms with van der Waals surface area (Å²) in [5, 5.41) is 18.0. The second-order valence-corrected chi connectivity index (χ2v) is 5.89. The van der Waals surface area contributed by atoms with Crippen molar-refractivity contribution < 1.29 is 15.0 Å². The van der Waals surface area contributed by atoms with Gasteiger partial charge in [-0.05, 0) is 38.5 Å². The number of aliphatic carboxylic acids is 1. The molecule has 0 aromatic rings. The standard InChI is InChI=1S/C20H34O3/c1-2-3-4-5-6-7-8-9-10-11-12-13-14-15-16-17-19(21)18-20(22)23/h3-4,6-7,9-10,19,21H,2,5,8,11-18H2,1H3,(H,22,23)/b4-3-,7-6-,10-9-. The maximum absolute atomic E-state index is 10.4. The van der Waals surface area contributed by atoms with Crippen LogP contribution in [0.1, 0.15) is 77.6 Å². The number of carboxylic acids is 1. The van der Waals surface area contributed by atoms with E-state index in [0.717, 1.165) is 44.9 Å². The van der Waals surface area contributed by atoms with Gasteiger partial charge in [0, 0.05) is 0 Å². The van der Waals surface area contributed by atoms with Crippen LogP contribution in [0.4, 0.5) is 0 Å². The summed E-state index contributed by atoms with van der Waals surface area (Å²) in [4.78, 5) is 10.4. The van der Waals surface area contributed by atoms with E-state index in [-0.39, 0.29) is 6.42 Å². The topological polar surface area (TPSA) is 57.5 Å². The van der Waals surface area contributed by atoms with Gasteiger partial charge in [0.2, 0.25) is 0 Å². The number of aliphatic hydroxyl groups is 1. The van der Waals surface area contributed by atoms with Gasteiger partial charge < -0.3 is 10.2 Å². The van der Waals surface area contributed by atoms with Gasteiger partial charge in [0.05, 0.1) is 12.5 Å². The van der Waals surface area contributed by atoms with Crippen LogP contribution in [-0.4, -0.2) is 22.3 Å². The minimum Gasteiger partial charge on any atom is -0.481 e.